The summed E-state index contributed by atoms with van der Waals surface area (Å²) in [5, 5.41) is 0.475. The maximum absolute atomic E-state index is 12.2. The summed E-state index contributed by atoms with van der Waals surface area (Å²) >= 11 is 8.66. The minimum absolute atomic E-state index is 0.135. The Labute approximate surface area is 137 Å². The average molecular weight is 371 g/mol. The summed E-state index contributed by atoms with van der Waals surface area (Å²) in [5.74, 6) is 1.08. The van der Waals surface area contributed by atoms with Crippen LogP contribution in [-0.2, 0) is 4.79 Å². The van der Waals surface area contributed by atoms with E-state index in [1.54, 1.807) is 51.4 Å². The second kappa shape index (κ2) is 6.03. The summed E-state index contributed by atoms with van der Waals surface area (Å²) < 4.78 is 11.3. The molecular weight excluding hydrogens is 356 g/mol. The van der Waals surface area contributed by atoms with Gasteiger partial charge in [-0.15, -0.1) is 0 Å². The van der Waals surface area contributed by atoms with Gasteiger partial charge in [-0.2, -0.15) is 0 Å². The largest absolute Gasteiger partial charge is 0.493 e. The molecule has 0 aliphatic carbocycles. The Hall–Kier alpha value is -1.60. The highest BCUT2D eigenvalue weighted by Gasteiger charge is 2.32. The average Bonchev–Trinajstić information content (AvgIpc) is 2.66. The standard InChI is InChI=1S/C14H15BrN2O3S/c1-16-10(13(18)17(2)14(16)21)5-8-6-11(19-3)12(20-4)7-9(8)15/h5-7H,1-4H3/b10-5-. The zero-order chi connectivity index (χ0) is 15.7. The Bertz CT molecular complexity index is 645. The van der Waals surface area contributed by atoms with Gasteiger partial charge in [0.1, 0.15) is 5.70 Å². The molecule has 1 aromatic rings. The molecule has 1 aliphatic heterocycles. The van der Waals surface area contributed by atoms with E-state index in [1.807, 2.05) is 0 Å². The van der Waals surface area contributed by atoms with E-state index in [2.05, 4.69) is 15.9 Å². The van der Waals surface area contributed by atoms with E-state index >= 15 is 0 Å². The first kappa shape index (κ1) is 15.8. The zero-order valence-corrected chi connectivity index (χ0v) is 14.5. The van der Waals surface area contributed by atoms with Crippen LogP contribution in [0.2, 0.25) is 0 Å². The van der Waals surface area contributed by atoms with Crippen LogP contribution < -0.4 is 9.47 Å². The van der Waals surface area contributed by atoms with Gasteiger partial charge in [0.2, 0.25) is 0 Å². The minimum atomic E-state index is -0.135. The van der Waals surface area contributed by atoms with Crippen LogP contribution in [0.3, 0.4) is 0 Å². The van der Waals surface area contributed by atoms with Crippen LogP contribution >= 0.6 is 28.1 Å². The van der Waals surface area contributed by atoms with E-state index in [4.69, 9.17) is 21.7 Å². The Kier molecular flexibility index (Phi) is 4.53. The van der Waals surface area contributed by atoms with Gasteiger partial charge in [0.25, 0.3) is 5.91 Å². The second-order valence-corrected chi connectivity index (χ2v) is 5.68. The summed E-state index contributed by atoms with van der Waals surface area (Å²) in [4.78, 5) is 15.3. The molecular formula is C14H15BrN2O3S. The molecule has 0 spiro atoms. The van der Waals surface area contributed by atoms with Gasteiger partial charge in [-0.05, 0) is 36.0 Å². The Morgan fingerprint density at radius 2 is 1.71 bits per heavy atom. The number of methoxy groups -OCH3 is 2. The molecule has 1 amide bonds. The number of carbonyl (C=O) groups excluding carboxylic acids is 1. The lowest BCUT2D eigenvalue weighted by Crippen LogP contribution is -2.26. The molecule has 21 heavy (non-hydrogen) atoms. The number of amides is 1. The fraction of sp³-hybridized carbons (Fsp3) is 0.286. The van der Waals surface area contributed by atoms with Crippen molar-refractivity contribution in [2.45, 2.75) is 0 Å². The number of ether oxygens (including phenoxy) is 2. The molecule has 1 aromatic carbocycles. The fourth-order valence-corrected chi connectivity index (χ4v) is 2.63. The van der Waals surface area contributed by atoms with Gasteiger partial charge in [0.05, 0.1) is 14.2 Å². The third kappa shape index (κ3) is 2.75. The predicted octanol–water partition coefficient (Wildman–Crippen LogP) is 2.50. The molecule has 1 heterocycles. The molecule has 0 bridgehead atoms. The molecule has 1 aliphatic rings. The molecule has 0 N–H and O–H groups in total. The normalized spacial score (nSPS) is 16.9. The number of carbonyl (C=O) groups is 1. The number of thiocarbonyl (C=S) groups is 1. The molecule has 5 nitrogen and oxygen atoms in total. The minimum Gasteiger partial charge on any atom is -0.493 e. The first-order chi connectivity index (χ1) is 9.90. The van der Waals surface area contributed by atoms with E-state index in [9.17, 15) is 4.79 Å². The third-order valence-electron chi connectivity index (χ3n) is 3.25. The van der Waals surface area contributed by atoms with E-state index in [-0.39, 0.29) is 5.91 Å². The second-order valence-electron chi connectivity index (χ2n) is 4.46. The number of hydrogen-bond donors (Lipinski definition) is 0. The molecule has 0 saturated carbocycles. The smallest absolute Gasteiger partial charge is 0.276 e. The number of rotatable bonds is 3. The molecule has 2 rings (SSSR count). The topological polar surface area (TPSA) is 42.0 Å². The van der Waals surface area contributed by atoms with Crippen molar-refractivity contribution >= 4 is 45.2 Å². The highest BCUT2D eigenvalue weighted by molar-refractivity contribution is 9.10. The molecule has 0 atom stereocenters. The van der Waals surface area contributed by atoms with Crippen LogP contribution in [-0.4, -0.2) is 49.1 Å². The Morgan fingerprint density at radius 1 is 1.14 bits per heavy atom. The van der Waals surface area contributed by atoms with Crippen LogP contribution in [0.4, 0.5) is 0 Å². The van der Waals surface area contributed by atoms with E-state index in [0.717, 1.165) is 10.0 Å². The highest BCUT2D eigenvalue weighted by atomic mass is 79.9. The maximum atomic E-state index is 12.2. The molecule has 1 fully saturated rings. The van der Waals surface area contributed by atoms with Crippen LogP contribution in [0.25, 0.3) is 6.08 Å². The molecule has 112 valence electrons. The summed E-state index contributed by atoms with van der Waals surface area (Å²) in [6.07, 6.45) is 1.77. The predicted molar refractivity (Wildman–Crippen MR) is 88.4 cm³/mol. The summed E-state index contributed by atoms with van der Waals surface area (Å²) in [6.45, 7) is 0. The lowest BCUT2D eigenvalue weighted by molar-refractivity contribution is -0.121. The molecule has 0 aromatic heterocycles. The lowest BCUT2D eigenvalue weighted by atomic mass is 10.1. The van der Waals surface area contributed by atoms with Gasteiger partial charge in [0, 0.05) is 18.6 Å². The number of halogens is 1. The van der Waals surface area contributed by atoms with Crippen LogP contribution in [0.5, 0.6) is 11.5 Å². The first-order valence-corrected chi connectivity index (χ1v) is 7.29. The van der Waals surface area contributed by atoms with Gasteiger partial charge >= 0.3 is 0 Å². The maximum Gasteiger partial charge on any atom is 0.276 e. The lowest BCUT2D eigenvalue weighted by Gasteiger charge is -2.12. The first-order valence-electron chi connectivity index (χ1n) is 6.09. The molecule has 7 heteroatoms. The summed E-state index contributed by atoms with van der Waals surface area (Å²) in [7, 11) is 6.57. The van der Waals surface area contributed by atoms with Crippen molar-refractivity contribution in [3.05, 3.63) is 27.9 Å². The highest BCUT2D eigenvalue weighted by Crippen LogP contribution is 2.35. The third-order valence-corrected chi connectivity index (χ3v) is 4.49. The van der Waals surface area contributed by atoms with Crippen molar-refractivity contribution in [1.82, 2.24) is 9.80 Å². The van der Waals surface area contributed by atoms with Crippen molar-refractivity contribution < 1.29 is 14.3 Å². The van der Waals surface area contributed by atoms with E-state index in [1.165, 1.54) is 4.90 Å². The van der Waals surface area contributed by atoms with E-state index in [0.29, 0.717) is 22.3 Å². The number of hydrogen-bond acceptors (Lipinski definition) is 4. The van der Waals surface area contributed by atoms with E-state index < -0.39 is 0 Å². The SMILES string of the molecule is COc1cc(Br)c(/C=C2/C(=O)N(C)C(=S)N2C)cc1OC. The monoisotopic (exact) mass is 370 g/mol. The number of likely N-dealkylation sites (N-methyl/N-ethyl adjacent to an activating group) is 2. The van der Waals surface area contributed by atoms with Crippen LogP contribution in [0, 0.1) is 0 Å². The van der Waals surface area contributed by atoms with Gasteiger partial charge in [-0.3, -0.25) is 9.69 Å². The zero-order valence-electron chi connectivity index (χ0n) is 12.1. The van der Waals surface area contributed by atoms with Crippen molar-refractivity contribution in [1.29, 1.82) is 0 Å². The number of nitrogens with zero attached hydrogens (tertiary/aromatic N) is 2. The van der Waals surface area contributed by atoms with Crippen LogP contribution in [0.1, 0.15) is 5.56 Å². The van der Waals surface area contributed by atoms with Crippen molar-refractivity contribution in [2.75, 3.05) is 28.3 Å². The number of benzene rings is 1. The van der Waals surface area contributed by atoms with Crippen molar-refractivity contribution in [3.8, 4) is 11.5 Å². The molecule has 0 unspecified atom stereocenters. The van der Waals surface area contributed by atoms with Gasteiger partial charge < -0.3 is 14.4 Å². The molecule has 0 radical (unpaired) electrons. The summed E-state index contributed by atoms with van der Waals surface area (Å²) in [6, 6.07) is 3.60. The van der Waals surface area contributed by atoms with Crippen LogP contribution in [0.15, 0.2) is 22.3 Å². The van der Waals surface area contributed by atoms with Gasteiger partial charge in [-0.25, -0.2) is 0 Å². The quantitative estimate of drug-likeness (QED) is 0.603. The van der Waals surface area contributed by atoms with Gasteiger partial charge in [0.15, 0.2) is 16.6 Å². The van der Waals surface area contributed by atoms with Gasteiger partial charge in [-0.1, -0.05) is 15.9 Å². The Morgan fingerprint density at radius 3 is 2.19 bits per heavy atom. The molecule has 1 saturated heterocycles. The summed E-state index contributed by atoms with van der Waals surface area (Å²) in [5.41, 5.74) is 1.32. The fourth-order valence-electron chi connectivity index (χ4n) is 2.02. The Balaban J connectivity index is 2.50. The van der Waals surface area contributed by atoms with Crippen molar-refractivity contribution in [2.24, 2.45) is 0 Å². The van der Waals surface area contributed by atoms with Crippen molar-refractivity contribution in [3.63, 3.8) is 0 Å².